The lowest BCUT2D eigenvalue weighted by Gasteiger charge is -2.41. The highest BCUT2D eigenvalue weighted by Crippen LogP contribution is 2.68. The minimum absolute atomic E-state index is 0.0669. The Labute approximate surface area is 225 Å². The van der Waals surface area contributed by atoms with Crippen LogP contribution >= 0.6 is 27.7 Å². The molecule has 0 saturated carbocycles. The van der Waals surface area contributed by atoms with Crippen LogP contribution in [0.2, 0.25) is 0 Å². The number of para-hydroxylation sites is 1. The second-order valence-corrected chi connectivity index (χ2v) is 13.1. The van der Waals surface area contributed by atoms with E-state index in [2.05, 4.69) is 22.5 Å². The molecule has 1 spiro atoms. The largest absolute Gasteiger partial charge is 0.481 e. The summed E-state index contributed by atoms with van der Waals surface area (Å²) in [4.78, 5) is 44.3. The highest BCUT2D eigenvalue weighted by atomic mass is 79.9. The topological polar surface area (TPSA) is 98.2 Å². The van der Waals surface area contributed by atoms with Crippen molar-refractivity contribution < 1.29 is 24.6 Å². The van der Waals surface area contributed by atoms with Gasteiger partial charge in [-0.25, -0.2) is 0 Å². The van der Waals surface area contributed by atoms with E-state index in [0.717, 1.165) is 16.8 Å². The monoisotopic (exact) mass is 578 g/mol. The number of fused-ring (bicyclic) bond motifs is 1. The minimum Gasteiger partial charge on any atom is -0.481 e. The summed E-state index contributed by atoms with van der Waals surface area (Å²) in [5, 5.41) is 20.3. The number of carboxylic acids is 1. The maximum absolute atomic E-state index is 14.7. The summed E-state index contributed by atoms with van der Waals surface area (Å²) < 4.78 is -0.882. The predicted octanol–water partition coefficient (Wildman–Crippen LogP) is 3.78. The van der Waals surface area contributed by atoms with Gasteiger partial charge < -0.3 is 20.0 Å². The van der Waals surface area contributed by atoms with Crippen LogP contribution in [0.15, 0.2) is 30.9 Å². The average Bonchev–Trinajstić information content (AvgIpc) is 3.42. The Balaban J connectivity index is 1.91. The number of carbonyl (C=O) groups excluding carboxylic acids is 2. The highest BCUT2D eigenvalue weighted by Gasteiger charge is 2.76. The fraction of sp³-hybridized carbons (Fsp3) is 0.593. The molecule has 2 N–H and O–H groups in total. The van der Waals surface area contributed by atoms with Crippen LogP contribution in [0, 0.1) is 31.6 Å². The molecule has 8 atom stereocenters. The summed E-state index contributed by atoms with van der Waals surface area (Å²) in [5.41, 5.74) is 2.64. The standard InChI is InChI=1S/C27H35BrN2O5S/c1-6-11-29(21-15(4)9-8-10-16(21)5)25(33)23-27-12-17(28)22(36-27)19(26(34)35)20(27)24(32)30(23)18(13-31)14(3)7-2/h6,8-10,14,17-20,22-23,31H,1,7,11-13H2,2-5H3,(H,34,35)/t14-,17?,18-,19+,20-,22+,23?,27?/m0/s1. The molecule has 4 rings (SSSR count). The van der Waals surface area contributed by atoms with Crippen LogP contribution in [0.1, 0.15) is 37.8 Å². The number of likely N-dealkylation sites (tertiary alicyclic amines) is 1. The number of aliphatic hydroxyl groups is 1. The molecule has 2 bridgehead atoms. The number of anilines is 1. The Morgan fingerprint density at radius 2 is 2.00 bits per heavy atom. The smallest absolute Gasteiger partial charge is 0.308 e. The van der Waals surface area contributed by atoms with E-state index in [0.29, 0.717) is 12.8 Å². The Morgan fingerprint density at radius 1 is 1.36 bits per heavy atom. The van der Waals surface area contributed by atoms with Crippen molar-refractivity contribution in [2.75, 3.05) is 18.1 Å². The quantitative estimate of drug-likeness (QED) is 0.342. The lowest BCUT2D eigenvalue weighted by atomic mass is 9.71. The van der Waals surface area contributed by atoms with E-state index in [1.807, 2.05) is 45.9 Å². The first-order chi connectivity index (χ1) is 17.0. The maximum atomic E-state index is 14.7. The van der Waals surface area contributed by atoms with Crippen LogP contribution in [0.4, 0.5) is 5.69 Å². The van der Waals surface area contributed by atoms with E-state index in [1.165, 1.54) is 11.8 Å². The number of aliphatic hydroxyl groups excluding tert-OH is 1. The number of halogens is 1. The van der Waals surface area contributed by atoms with E-state index < -0.39 is 34.6 Å². The van der Waals surface area contributed by atoms with E-state index in [4.69, 9.17) is 0 Å². The molecule has 196 valence electrons. The number of aliphatic carboxylic acids is 1. The molecule has 1 aromatic carbocycles. The van der Waals surface area contributed by atoms with Crippen molar-refractivity contribution in [1.82, 2.24) is 4.90 Å². The zero-order valence-corrected chi connectivity index (χ0v) is 23.6. The van der Waals surface area contributed by atoms with Gasteiger partial charge in [-0.2, -0.15) is 0 Å². The van der Waals surface area contributed by atoms with Crippen molar-refractivity contribution in [2.45, 2.75) is 67.4 Å². The van der Waals surface area contributed by atoms with Gasteiger partial charge in [0, 0.05) is 22.3 Å². The first-order valence-electron chi connectivity index (χ1n) is 12.5. The molecule has 3 heterocycles. The zero-order chi connectivity index (χ0) is 26.5. The summed E-state index contributed by atoms with van der Waals surface area (Å²) in [5.74, 6) is -3.34. The van der Waals surface area contributed by atoms with E-state index in [1.54, 1.807) is 15.9 Å². The molecule has 7 nitrogen and oxygen atoms in total. The van der Waals surface area contributed by atoms with Gasteiger partial charge >= 0.3 is 5.97 Å². The van der Waals surface area contributed by atoms with Crippen molar-refractivity contribution in [3.8, 4) is 0 Å². The lowest BCUT2D eigenvalue weighted by Crippen LogP contribution is -2.59. The summed E-state index contributed by atoms with van der Waals surface area (Å²) in [6.07, 6.45) is 2.90. The fourth-order valence-electron chi connectivity index (χ4n) is 6.60. The van der Waals surface area contributed by atoms with Gasteiger partial charge in [0.25, 0.3) is 5.91 Å². The molecular formula is C27H35BrN2O5S. The van der Waals surface area contributed by atoms with Crippen LogP contribution in [-0.2, 0) is 14.4 Å². The molecule has 0 aliphatic carbocycles. The van der Waals surface area contributed by atoms with Gasteiger partial charge in [0.1, 0.15) is 6.04 Å². The van der Waals surface area contributed by atoms with Gasteiger partial charge in [0.05, 0.1) is 29.2 Å². The number of alkyl halides is 1. The first-order valence-corrected chi connectivity index (χ1v) is 14.3. The van der Waals surface area contributed by atoms with Gasteiger partial charge in [0.2, 0.25) is 5.91 Å². The average molecular weight is 580 g/mol. The number of thioether (sulfide) groups is 1. The number of carbonyl (C=O) groups is 3. The van der Waals surface area contributed by atoms with Crippen LogP contribution in [-0.4, -0.2) is 73.0 Å². The number of hydrogen-bond acceptors (Lipinski definition) is 5. The number of carboxylic acid groups (broad SMARTS) is 1. The van der Waals surface area contributed by atoms with E-state index >= 15 is 0 Å². The van der Waals surface area contributed by atoms with Crippen molar-refractivity contribution >= 4 is 51.2 Å². The van der Waals surface area contributed by atoms with Gasteiger partial charge in [0.15, 0.2) is 0 Å². The third-order valence-electron chi connectivity index (χ3n) is 8.38. The zero-order valence-electron chi connectivity index (χ0n) is 21.2. The molecule has 3 aliphatic heterocycles. The highest BCUT2D eigenvalue weighted by molar-refractivity contribution is 9.09. The minimum atomic E-state index is -1.01. The number of benzene rings is 1. The van der Waals surface area contributed by atoms with Crippen molar-refractivity contribution in [3.63, 3.8) is 0 Å². The molecule has 3 aliphatic rings. The SMILES string of the molecule is C=CCN(C(=O)C1N([C@@H](CO)[C@@H](C)CC)C(=O)[C@@H]2[C@@H](C(=O)O)[C@@H]3SC12CC3Br)c1c(C)cccc1C. The van der Waals surface area contributed by atoms with Crippen LogP contribution in [0.3, 0.4) is 0 Å². The lowest BCUT2D eigenvalue weighted by molar-refractivity contribution is -0.149. The molecule has 1 aromatic rings. The van der Waals surface area contributed by atoms with Crippen LogP contribution in [0.25, 0.3) is 0 Å². The van der Waals surface area contributed by atoms with E-state index in [9.17, 15) is 24.6 Å². The Kier molecular flexibility index (Phi) is 7.66. The normalized spacial score (nSPS) is 32.3. The first kappa shape index (κ1) is 27.2. The van der Waals surface area contributed by atoms with Crippen LogP contribution < -0.4 is 4.90 Å². The third-order valence-corrected chi connectivity index (χ3v) is 11.6. The van der Waals surface area contributed by atoms with Crippen LogP contribution in [0.5, 0.6) is 0 Å². The van der Waals surface area contributed by atoms with Crippen molar-refractivity contribution in [3.05, 3.63) is 42.0 Å². The van der Waals surface area contributed by atoms with Crippen molar-refractivity contribution in [1.29, 1.82) is 0 Å². The molecule has 3 fully saturated rings. The Morgan fingerprint density at radius 3 is 2.53 bits per heavy atom. The number of aryl methyl sites for hydroxylation is 2. The molecule has 9 heteroatoms. The number of hydrogen-bond donors (Lipinski definition) is 2. The second-order valence-electron chi connectivity index (χ2n) is 10.4. The Hall–Kier alpha value is -1.84. The fourth-order valence-corrected chi connectivity index (χ4v) is 10.2. The summed E-state index contributed by atoms with van der Waals surface area (Å²) in [7, 11) is 0. The number of rotatable bonds is 9. The van der Waals surface area contributed by atoms with E-state index in [-0.39, 0.29) is 41.0 Å². The van der Waals surface area contributed by atoms with Gasteiger partial charge in [-0.3, -0.25) is 14.4 Å². The van der Waals surface area contributed by atoms with Gasteiger partial charge in [-0.1, -0.05) is 60.5 Å². The molecular weight excluding hydrogens is 544 g/mol. The summed E-state index contributed by atoms with van der Waals surface area (Å²) in [6.45, 7) is 11.7. The molecule has 0 radical (unpaired) electrons. The molecule has 0 aromatic heterocycles. The molecule has 3 unspecified atom stereocenters. The second kappa shape index (κ2) is 10.1. The predicted molar refractivity (Wildman–Crippen MR) is 145 cm³/mol. The Bertz CT molecular complexity index is 1060. The maximum Gasteiger partial charge on any atom is 0.308 e. The molecule has 3 saturated heterocycles. The number of amides is 2. The van der Waals surface area contributed by atoms with Gasteiger partial charge in [-0.15, -0.1) is 18.3 Å². The molecule has 36 heavy (non-hydrogen) atoms. The van der Waals surface area contributed by atoms with Gasteiger partial charge in [-0.05, 0) is 37.3 Å². The molecule has 2 amide bonds. The number of nitrogens with zero attached hydrogens (tertiary/aromatic N) is 2. The third kappa shape index (κ3) is 3.93. The van der Waals surface area contributed by atoms with Crippen molar-refractivity contribution in [2.24, 2.45) is 17.8 Å². The summed E-state index contributed by atoms with van der Waals surface area (Å²) in [6, 6.07) is 4.37. The summed E-state index contributed by atoms with van der Waals surface area (Å²) >= 11 is 5.16.